The van der Waals surface area contributed by atoms with Crippen LogP contribution in [0.15, 0.2) is 22.6 Å². The van der Waals surface area contributed by atoms with Gasteiger partial charge in [-0.05, 0) is 45.5 Å². The molecule has 5 heteroatoms. The van der Waals surface area contributed by atoms with Crippen LogP contribution in [0.2, 0.25) is 0 Å². The van der Waals surface area contributed by atoms with Gasteiger partial charge in [-0.25, -0.2) is 4.98 Å². The third kappa shape index (κ3) is 2.78. The van der Waals surface area contributed by atoms with E-state index in [-0.39, 0.29) is 11.3 Å². The Labute approximate surface area is 124 Å². The van der Waals surface area contributed by atoms with E-state index in [1.807, 2.05) is 32.0 Å². The van der Waals surface area contributed by atoms with E-state index in [1.54, 1.807) is 0 Å². The molecule has 1 unspecified atom stereocenters. The Kier molecular flexibility index (Phi) is 3.45. The maximum atomic E-state index is 12.6. The van der Waals surface area contributed by atoms with Crippen LogP contribution in [-0.4, -0.2) is 35.9 Å². The second-order valence-electron chi connectivity index (χ2n) is 6.27. The molecule has 1 aliphatic heterocycles. The summed E-state index contributed by atoms with van der Waals surface area (Å²) in [5.41, 5.74) is 1.95. The molecule has 0 spiro atoms. The number of piperidine rings is 1. The second-order valence-corrected chi connectivity index (χ2v) is 6.27. The summed E-state index contributed by atoms with van der Waals surface area (Å²) in [6.45, 7) is 5.71. The molecule has 1 saturated heterocycles. The molecule has 21 heavy (non-hydrogen) atoms. The lowest BCUT2D eigenvalue weighted by Crippen LogP contribution is -2.46. The molecule has 0 aliphatic carbocycles. The largest absolute Gasteiger partial charge is 0.441 e. The minimum atomic E-state index is -0.334. The number of benzene rings is 1. The number of carbonyl (C=O) groups is 1. The molecule has 1 aromatic heterocycles. The molecule has 0 saturated carbocycles. The molecule has 1 aliphatic rings. The lowest BCUT2D eigenvalue weighted by molar-refractivity contribution is -0.127. The molecular formula is C16H21N3O2. The summed E-state index contributed by atoms with van der Waals surface area (Å²) in [7, 11) is 2.06. The minimum absolute atomic E-state index is 0.0737. The van der Waals surface area contributed by atoms with Gasteiger partial charge in [0.15, 0.2) is 11.5 Å². The summed E-state index contributed by atoms with van der Waals surface area (Å²) in [6, 6.07) is 5.58. The predicted molar refractivity (Wildman–Crippen MR) is 82.2 cm³/mol. The Hall–Kier alpha value is -1.88. The van der Waals surface area contributed by atoms with E-state index in [0.717, 1.165) is 37.1 Å². The van der Waals surface area contributed by atoms with Crippen molar-refractivity contribution >= 4 is 22.7 Å². The van der Waals surface area contributed by atoms with Gasteiger partial charge in [0.1, 0.15) is 5.52 Å². The van der Waals surface area contributed by atoms with E-state index in [1.165, 1.54) is 0 Å². The fourth-order valence-corrected chi connectivity index (χ4v) is 3.08. The molecule has 1 N–H and O–H groups in total. The first-order valence-electron chi connectivity index (χ1n) is 7.33. The molecule has 2 heterocycles. The molecule has 2 aromatic rings. The van der Waals surface area contributed by atoms with Crippen molar-refractivity contribution in [2.24, 2.45) is 5.41 Å². The number of aryl methyl sites for hydroxylation is 1. The molecule has 0 bridgehead atoms. The number of likely N-dealkylation sites (tertiary alicyclic amines) is 1. The van der Waals surface area contributed by atoms with Crippen LogP contribution in [0.5, 0.6) is 0 Å². The van der Waals surface area contributed by atoms with E-state index in [0.29, 0.717) is 11.5 Å². The number of carbonyl (C=O) groups excluding carboxylic acids is 1. The highest BCUT2D eigenvalue weighted by Crippen LogP contribution is 2.30. The molecule has 1 aromatic carbocycles. The lowest BCUT2D eigenvalue weighted by atomic mass is 9.81. The van der Waals surface area contributed by atoms with Gasteiger partial charge in [0.05, 0.1) is 5.41 Å². The Morgan fingerprint density at radius 3 is 3.05 bits per heavy atom. The zero-order valence-electron chi connectivity index (χ0n) is 12.8. The van der Waals surface area contributed by atoms with Crippen LogP contribution in [-0.2, 0) is 4.79 Å². The second kappa shape index (κ2) is 5.15. The van der Waals surface area contributed by atoms with E-state index in [9.17, 15) is 4.79 Å². The van der Waals surface area contributed by atoms with Gasteiger partial charge in [-0.3, -0.25) is 4.79 Å². The smallest absolute Gasteiger partial charge is 0.231 e. The molecule has 5 nitrogen and oxygen atoms in total. The van der Waals surface area contributed by atoms with E-state index >= 15 is 0 Å². The lowest BCUT2D eigenvalue weighted by Gasteiger charge is -2.37. The highest BCUT2D eigenvalue weighted by molar-refractivity contribution is 5.96. The summed E-state index contributed by atoms with van der Waals surface area (Å²) >= 11 is 0. The number of oxazole rings is 1. The SMILES string of the molecule is Cc1nc2ccc(NC(=O)C3(C)CCCN(C)C3)cc2o1. The fraction of sp³-hybridized carbons (Fsp3) is 0.500. The average Bonchev–Trinajstić information content (AvgIpc) is 2.77. The van der Waals surface area contributed by atoms with Gasteiger partial charge in [-0.2, -0.15) is 0 Å². The van der Waals surface area contributed by atoms with E-state index < -0.39 is 0 Å². The van der Waals surface area contributed by atoms with Crippen molar-refractivity contribution in [3.8, 4) is 0 Å². The first-order chi connectivity index (χ1) is 9.96. The Balaban J connectivity index is 1.79. The Morgan fingerprint density at radius 1 is 1.48 bits per heavy atom. The summed E-state index contributed by atoms with van der Waals surface area (Å²) in [6.07, 6.45) is 1.98. The van der Waals surface area contributed by atoms with Gasteiger partial charge >= 0.3 is 0 Å². The number of hydrogen-bond acceptors (Lipinski definition) is 4. The van der Waals surface area contributed by atoms with Gasteiger partial charge in [0, 0.05) is 25.2 Å². The summed E-state index contributed by atoms with van der Waals surface area (Å²) in [4.78, 5) is 19.1. The van der Waals surface area contributed by atoms with Crippen molar-refractivity contribution < 1.29 is 9.21 Å². The van der Waals surface area contributed by atoms with Gasteiger partial charge < -0.3 is 14.6 Å². The van der Waals surface area contributed by atoms with Crippen molar-refractivity contribution in [1.29, 1.82) is 0 Å². The molecule has 1 fully saturated rings. The quantitative estimate of drug-likeness (QED) is 0.922. The predicted octanol–water partition coefficient (Wildman–Crippen LogP) is 2.81. The first-order valence-corrected chi connectivity index (χ1v) is 7.33. The number of nitrogens with zero attached hydrogens (tertiary/aromatic N) is 2. The number of hydrogen-bond donors (Lipinski definition) is 1. The molecule has 1 amide bonds. The molecule has 3 rings (SSSR count). The van der Waals surface area contributed by atoms with Gasteiger partial charge in [-0.1, -0.05) is 0 Å². The number of amides is 1. The maximum absolute atomic E-state index is 12.6. The Morgan fingerprint density at radius 2 is 2.29 bits per heavy atom. The first kappa shape index (κ1) is 14.1. The monoisotopic (exact) mass is 287 g/mol. The van der Waals surface area contributed by atoms with Crippen LogP contribution in [0.25, 0.3) is 11.1 Å². The third-order valence-corrected chi connectivity index (χ3v) is 4.19. The van der Waals surface area contributed by atoms with Crippen molar-refractivity contribution in [2.45, 2.75) is 26.7 Å². The van der Waals surface area contributed by atoms with Crippen molar-refractivity contribution in [3.63, 3.8) is 0 Å². The topological polar surface area (TPSA) is 58.4 Å². The highest BCUT2D eigenvalue weighted by Gasteiger charge is 2.36. The van der Waals surface area contributed by atoms with Crippen molar-refractivity contribution in [3.05, 3.63) is 24.1 Å². The van der Waals surface area contributed by atoms with Crippen molar-refractivity contribution in [2.75, 3.05) is 25.5 Å². The van der Waals surface area contributed by atoms with Crippen LogP contribution in [0, 0.1) is 12.3 Å². The normalized spacial score (nSPS) is 23.4. The fourth-order valence-electron chi connectivity index (χ4n) is 3.08. The Bertz CT molecular complexity index is 679. The van der Waals surface area contributed by atoms with Crippen LogP contribution in [0.4, 0.5) is 5.69 Å². The minimum Gasteiger partial charge on any atom is -0.441 e. The molecule has 1 atom stereocenters. The highest BCUT2D eigenvalue weighted by atomic mass is 16.3. The van der Waals surface area contributed by atoms with Crippen LogP contribution in [0.1, 0.15) is 25.7 Å². The number of anilines is 1. The number of fused-ring (bicyclic) bond motifs is 1. The third-order valence-electron chi connectivity index (χ3n) is 4.19. The van der Waals surface area contributed by atoms with Gasteiger partial charge in [-0.15, -0.1) is 0 Å². The van der Waals surface area contributed by atoms with E-state index in [2.05, 4.69) is 22.2 Å². The standard InChI is InChI=1S/C16H21N3O2/c1-11-17-13-6-5-12(9-14(13)21-11)18-15(20)16(2)7-4-8-19(3)10-16/h5-6,9H,4,7-8,10H2,1-3H3,(H,18,20). The number of rotatable bonds is 2. The summed E-state index contributed by atoms with van der Waals surface area (Å²) in [5.74, 6) is 0.707. The van der Waals surface area contributed by atoms with Crippen LogP contribution >= 0.6 is 0 Å². The van der Waals surface area contributed by atoms with Crippen molar-refractivity contribution in [1.82, 2.24) is 9.88 Å². The average molecular weight is 287 g/mol. The van der Waals surface area contributed by atoms with E-state index in [4.69, 9.17) is 4.42 Å². The number of nitrogens with one attached hydrogen (secondary N) is 1. The summed E-state index contributed by atoms with van der Waals surface area (Å²) in [5, 5.41) is 3.02. The molecule has 112 valence electrons. The molecule has 0 radical (unpaired) electrons. The van der Waals surface area contributed by atoms with Gasteiger partial charge in [0.2, 0.25) is 5.91 Å². The maximum Gasteiger partial charge on any atom is 0.231 e. The number of aromatic nitrogens is 1. The van der Waals surface area contributed by atoms with Crippen LogP contribution in [0.3, 0.4) is 0 Å². The summed E-state index contributed by atoms with van der Waals surface area (Å²) < 4.78 is 5.51. The zero-order valence-corrected chi connectivity index (χ0v) is 12.8. The van der Waals surface area contributed by atoms with Crippen LogP contribution < -0.4 is 5.32 Å². The van der Waals surface area contributed by atoms with Gasteiger partial charge in [0.25, 0.3) is 0 Å². The molecular weight excluding hydrogens is 266 g/mol. The zero-order chi connectivity index (χ0) is 15.0.